The smallest absolute Gasteiger partial charge is 0.407 e. The maximum atomic E-state index is 12.4. The molecule has 0 fully saturated rings. The van der Waals surface area contributed by atoms with Gasteiger partial charge in [-0.15, -0.1) is 0 Å². The summed E-state index contributed by atoms with van der Waals surface area (Å²) in [4.78, 5) is 96.4. The minimum Gasteiger partial charge on any atom is -0.447 e. The summed E-state index contributed by atoms with van der Waals surface area (Å²) in [7, 11) is 0.231. The van der Waals surface area contributed by atoms with Gasteiger partial charge in [-0.1, -0.05) is 39.5 Å². The second-order valence-electron chi connectivity index (χ2n) is 22.8. The average molecular weight is 1660 g/mol. The van der Waals surface area contributed by atoms with Crippen molar-refractivity contribution in [2.45, 2.75) is 167 Å². The molecule has 2 aliphatic heterocycles. The highest BCUT2D eigenvalue weighted by Gasteiger charge is 2.34. The lowest BCUT2D eigenvalue weighted by molar-refractivity contribution is -0.135. The fraction of sp³-hybridized carbons (Fsp3) is 0.742. The Kier molecular flexibility index (Phi) is 52.7. The van der Waals surface area contributed by atoms with Gasteiger partial charge >= 0.3 is 48.5 Å². The molecule has 0 aromatic carbocycles. The van der Waals surface area contributed by atoms with Crippen LogP contribution in [0.25, 0.3) is 0 Å². The lowest BCUT2D eigenvalue weighted by Crippen LogP contribution is -2.32. The molecule has 2 rings (SSSR count). The van der Waals surface area contributed by atoms with E-state index in [0.29, 0.717) is 134 Å². The van der Waals surface area contributed by atoms with Gasteiger partial charge in [-0.2, -0.15) is 0 Å². The number of ether oxygens (including phenoxy) is 12. The molecule has 96 heavy (non-hydrogen) atoms. The number of allylic oxidation sites excluding steroid dienone is 2. The second kappa shape index (κ2) is 56.4. The molecule has 0 saturated heterocycles. The minimum absolute atomic E-state index is 0.101. The van der Waals surface area contributed by atoms with E-state index in [9.17, 15) is 38.4 Å². The lowest BCUT2D eigenvalue weighted by atomic mass is 10.0. The fourth-order valence-corrected chi connectivity index (χ4v) is 11.6. The Hall–Kier alpha value is -4.37. The number of esters is 2. The number of carbonyl (C=O) groups is 8. The van der Waals surface area contributed by atoms with E-state index in [1.807, 2.05) is 0 Å². The van der Waals surface area contributed by atoms with Crippen LogP contribution in [0.1, 0.15) is 117 Å². The Morgan fingerprint density at radius 1 is 0.396 bits per heavy atom. The highest BCUT2D eigenvalue weighted by Crippen LogP contribution is 2.32. The molecule has 2 aliphatic rings. The molecular formula is C62H106Br4N6O22Si2. The highest BCUT2D eigenvalue weighted by atomic mass is 79.9. The molecule has 28 nitrogen and oxygen atoms in total. The third-order valence-corrected chi connectivity index (χ3v) is 21.0. The monoisotopic (exact) mass is 1660 g/mol. The first-order chi connectivity index (χ1) is 46.0. The van der Waals surface area contributed by atoms with Crippen molar-refractivity contribution in [2.24, 2.45) is 0 Å². The number of halogens is 4. The molecule has 0 radical (unpaired) electrons. The molecule has 552 valence electrons. The number of nitrogens with one attached hydrogen (secondary N) is 6. The Balaban J connectivity index is 0.000000960. The van der Waals surface area contributed by atoms with Crippen molar-refractivity contribution in [3.05, 3.63) is 41.6 Å². The van der Waals surface area contributed by atoms with Crippen LogP contribution in [0.3, 0.4) is 0 Å². The zero-order chi connectivity index (χ0) is 71.2. The van der Waals surface area contributed by atoms with Gasteiger partial charge in [0.25, 0.3) is 0 Å². The fourth-order valence-electron chi connectivity index (χ4n) is 8.32. The van der Waals surface area contributed by atoms with Crippen LogP contribution in [0.15, 0.2) is 41.6 Å². The van der Waals surface area contributed by atoms with Gasteiger partial charge in [0.1, 0.15) is 45.4 Å². The van der Waals surface area contributed by atoms with E-state index in [-0.39, 0.29) is 52.9 Å². The summed E-state index contributed by atoms with van der Waals surface area (Å²) in [6, 6.07) is 1.92. The molecule has 2 unspecified atom stereocenters. The summed E-state index contributed by atoms with van der Waals surface area (Å²) in [5.74, 6) is -0.388. The predicted molar refractivity (Wildman–Crippen MR) is 379 cm³/mol. The van der Waals surface area contributed by atoms with Crippen LogP contribution in [0, 0.1) is 0 Å². The van der Waals surface area contributed by atoms with E-state index in [1.54, 1.807) is 26.4 Å². The molecule has 2 heterocycles. The van der Waals surface area contributed by atoms with Gasteiger partial charge < -0.3 is 97.6 Å². The number of hydrogen-bond donors (Lipinski definition) is 6. The van der Waals surface area contributed by atoms with Crippen molar-refractivity contribution in [3.63, 3.8) is 0 Å². The average Bonchev–Trinajstić information content (AvgIpc) is 1.73. The van der Waals surface area contributed by atoms with Crippen molar-refractivity contribution in [3.8, 4) is 0 Å². The molecule has 0 bridgehead atoms. The summed E-state index contributed by atoms with van der Waals surface area (Å²) in [5, 5.41) is 16.2. The molecule has 6 N–H and O–H groups in total. The molecule has 0 aromatic rings. The molecule has 0 aromatic heterocycles. The Morgan fingerprint density at radius 3 is 0.927 bits per heavy atom. The van der Waals surface area contributed by atoms with Gasteiger partial charge in [-0.3, -0.25) is 0 Å². The predicted octanol–water partition coefficient (Wildman–Crippen LogP) is 12.0. The van der Waals surface area contributed by atoms with Crippen molar-refractivity contribution in [1.29, 1.82) is 0 Å². The quantitative estimate of drug-likeness (QED) is 0.0143. The van der Waals surface area contributed by atoms with Gasteiger partial charge in [-0.05, 0) is 191 Å². The van der Waals surface area contributed by atoms with Gasteiger partial charge in [0.2, 0.25) is 0 Å². The Labute approximate surface area is 602 Å². The van der Waals surface area contributed by atoms with E-state index in [2.05, 4.69) is 136 Å². The van der Waals surface area contributed by atoms with Gasteiger partial charge in [0.15, 0.2) is 28.2 Å². The van der Waals surface area contributed by atoms with Crippen molar-refractivity contribution >= 4 is 129 Å². The Bertz CT molecular complexity index is 2250. The summed E-state index contributed by atoms with van der Waals surface area (Å²) < 4.78 is 75.2. The number of amides is 6. The number of unbranched alkanes of at least 4 members (excludes halogenated alkanes) is 8. The minimum atomic E-state index is -1.61. The lowest BCUT2D eigenvalue weighted by Gasteiger charge is -2.19. The van der Waals surface area contributed by atoms with E-state index in [4.69, 9.17) is 65.7 Å². The zero-order valence-electron chi connectivity index (χ0n) is 57.3. The number of carbonyl (C=O) groups excluding carboxylic acids is 8. The third-order valence-electron chi connectivity index (χ3n) is 14.1. The largest absolute Gasteiger partial charge is 0.447 e. The van der Waals surface area contributed by atoms with Gasteiger partial charge in [-0.25, -0.2) is 38.4 Å². The number of hydrogen-bond acceptors (Lipinski definition) is 22. The van der Waals surface area contributed by atoms with Gasteiger partial charge in [0, 0.05) is 53.5 Å². The normalized spacial score (nSPS) is 13.3. The highest BCUT2D eigenvalue weighted by molar-refractivity contribution is 9.28. The maximum absolute atomic E-state index is 12.4. The summed E-state index contributed by atoms with van der Waals surface area (Å²) in [5.41, 5.74) is 0.614. The third kappa shape index (κ3) is 47.6. The number of alkyl carbamates (subject to hydrolysis) is 6. The molecule has 0 aliphatic carbocycles. The Morgan fingerprint density at radius 2 is 0.667 bits per heavy atom. The first kappa shape index (κ1) is 89.6. The van der Waals surface area contributed by atoms with Crippen molar-refractivity contribution in [2.75, 3.05) is 133 Å². The van der Waals surface area contributed by atoms with Crippen LogP contribution >= 0.6 is 63.7 Å². The second-order valence-corrected chi connectivity index (χ2v) is 37.0. The van der Waals surface area contributed by atoms with Crippen LogP contribution in [-0.2, 0) is 75.3 Å². The molecule has 34 heteroatoms. The van der Waals surface area contributed by atoms with Crippen molar-refractivity contribution < 1.29 is 104 Å². The zero-order valence-corrected chi connectivity index (χ0v) is 65.6. The van der Waals surface area contributed by atoms with Crippen LogP contribution < -0.4 is 31.9 Å². The SMILES string of the molecule is CCCCCC(OC(=O)NCCCCCNC(=O)OCCOCCOCCOC(=O)NCCC[Si](C)(C)OC)C1=CC(=C(Br)Br)OC1=O.CCCCCC(OC(=O)NCCCCCNC(=O)OCCOCCOCCOC(=O)NCCC[Si](C)(C)OC)C1=CC(=C(Br)Br)OC1=O. The maximum Gasteiger partial charge on any atom is 0.407 e. The topological polar surface area (TPSA) is 338 Å². The van der Waals surface area contributed by atoms with E-state index in [1.165, 1.54) is 0 Å². The first-order valence-electron chi connectivity index (χ1n) is 32.9. The molecule has 0 spiro atoms. The van der Waals surface area contributed by atoms with Crippen LogP contribution in [0.4, 0.5) is 28.8 Å². The van der Waals surface area contributed by atoms with Crippen molar-refractivity contribution in [1.82, 2.24) is 31.9 Å². The van der Waals surface area contributed by atoms with Gasteiger partial charge in [0.05, 0.1) is 64.0 Å². The summed E-state index contributed by atoms with van der Waals surface area (Å²) in [6.07, 6.45) is 11.1. The molecule has 6 amide bonds. The van der Waals surface area contributed by atoms with Crippen LogP contribution in [0.5, 0.6) is 0 Å². The first-order valence-corrected chi connectivity index (χ1v) is 42.3. The standard InChI is InChI=1S/2C31H53Br2N3O11Si/c2*1-5-6-8-12-25(24-23-26(27(32)33)46-28(24)37)47-31(40)36-14-10-7-9-13-34-29(38)44-20-18-42-16-17-43-19-21-45-30(39)35-15-11-22-48(3,4)41-2/h2*23,25H,5-22H2,1-4H3,(H,34,38)(H,35,39)(H,36,40). The summed E-state index contributed by atoms with van der Waals surface area (Å²) in [6.45, 7) is 18.1. The van der Waals surface area contributed by atoms with Crippen LogP contribution in [0.2, 0.25) is 38.3 Å². The van der Waals surface area contributed by atoms with E-state index in [0.717, 1.165) is 76.3 Å². The summed E-state index contributed by atoms with van der Waals surface area (Å²) >= 11 is 12.9. The van der Waals surface area contributed by atoms with Crippen LogP contribution in [-0.4, -0.2) is 210 Å². The number of rotatable bonds is 52. The number of cyclic esters (lactones) is 2. The molecule has 0 saturated carbocycles. The van der Waals surface area contributed by atoms with E-state index >= 15 is 0 Å². The molecule has 2 atom stereocenters. The van der Waals surface area contributed by atoms with E-state index < -0.39 is 77.3 Å². The molecular weight excluding hydrogens is 1560 g/mol.